The summed E-state index contributed by atoms with van der Waals surface area (Å²) in [6.45, 7) is 11.1. The molecule has 0 aromatic rings. The van der Waals surface area contributed by atoms with E-state index in [-0.39, 0.29) is 12.0 Å². The highest BCUT2D eigenvalue weighted by Crippen LogP contribution is 2.27. The number of nitrogens with one attached hydrogen (secondary N) is 1. The van der Waals surface area contributed by atoms with E-state index in [2.05, 4.69) is 29.0 Å². The molecule has 5 heteroatoms. The second-order valence-electron chi connectivity index (χ2n) is 6.67. The Morgan fingerprint density at radius 2 is 1.90 bits per heavy atom. The summed E-state index contributed by atoms with van der Waals surface area (Å²) in [5.74, 6) is -0.171. The molecule has 1 aliphatic heterocycles. The van der Waals surface area contributed by atoms with E-state index < -0.39 is 5.54 Å². The maximum atomic E-state index is 12.1. The number of rotatable bonds is 6. The lowest BCUT2D eigenvalue weighted by molar-refractivity contribution is -0.149. The number of carbonyl (C=O) groups is 1. The molecule has 5 nitrogen and oxygen atoms in total. The average Bonchev–Trinajstić information content (AvgIpc) is 3.22. The summed E-state index contributed by atoms with van der Waals surface area (Å²) in [5, 5.41) is 3.37. The van der Waals surface area contributed by atoms with Crippen molar-refractivity contribution in [3.63, 3.8) is 0 Å². The molecule has 0 aromatic carbocycles. The van der Waals surface area contributed by atoms with Crippen molar-refractivity contribution in [1.29, 1.82) is 0 Å². The third-order valence-electron chi connectivity index (χ3n) is 4.25. The van der Waals surface area contributed by atoms with Crippen molar-refractivity contribution >= 4 is 5.97 Å². The van der Waals surface area contributed by atoms with Crippen molar-refractivity contribution in [1.82, 2.24) is 15.1 Å². The first-order valence-corrected chi connectivity index (χ1v) is 7.77. The van der Waals surface area contributed by atoms with Gasteiger partial charge in [0.15, 0.2) is 0 Å². The van der Waals surface area contributed by atoms with Crippen molar-refractivity contribution in [2.24, 2.45) is 0 Å². The minimum Gasteiger partial charge on any atom is -0.468 e. The van der Waals surface area contributed by atoms with Crippen molar-refractivity contribution in [2.45, 2.75) is 51.2 Å². The molecule has 0 bridgehead atoms. The molecule has 1 heterocycles. The van der Waals surface area contributed by atoms with Crippen LogP contribution in [0.2, 0.25) is 0 Å². The highest BCUT2D eigenvalue weighted by Gasteiger charge is 2.38. The summed E-state index contributed by atoms with van der Waals surface area (Å²) in [7, 11) is 1.47. The van der Waals surface area contributed by atoms with Gasteiger partial charge in [-0.15, -0.1) is 0 Å². The molecular formula is C15H29N3O2. The van der Waals surface area contributed by atoms with Gasteiger partial charge in [0.25, 0.3) is 0 Å². The maximum Gasteiger partial charge on any atom is 0.327 e. The molecule has 1 N–H and O–H groups in total. The van der Waals surface area contributed by atoms with Crippen LogP contribution in [-0.2, 0) is 9.53 Å². The summed E-state index contributed by atoms with van der Waals surface area (Å²) < 4.78 is 4.99. The zero-order valence-corrected chi connectivity index (χ0v) is 13.3. The van der Waals surface area contributed by atoms with Crippen LogP contribution < -0.4 is 5.32 Å². The first kappa shape index (κ1) is 15.7. The highest BCUT2D eigenvalue weighted by atomic mass is 16.5. The number of nitrogens with zero attached hydrogens (tertiary/aromatic N) is 2. The number of hydrogen-bond donors (Lipinski definition) is 1. The molecule has 0 aromatic heterocycles. The predicted molar refractivity (Wildman–Crippen MR) is 79.7 cm³/mol. The minimum absolute atomic E-state index is 0.171. The predicted octanol–water partition coefficient (Wildman–Crippen LogP) is 0.696. The molecule has 1 atom stereocenters. The third kappa shape index (κ3) is 3.93. The normalized spacial score (nSPS) is 24.6. The fraction of sp³-hybridized carbons (Fsp3) is 0.933. The van der Waals surface area contributed by atoms with Crippen molar-refractivity contribution in [3.8, 4) is 0 Å². The Morgan fingerprint density at radius 1 is 1.30 bits per heavy atom. The molecule has 1 unspecified atom stereocenters. The second-order valence-corrected chi connectivity index (χ2v) is 6.67. The van der Waals surface area contributed by atoms with Gasteiger partial charge in [-0.05, 0) is 33.6 Å². The maximum absolute atomic E-state index is 12.1. The minimum atomic E-state index is -0.620. The Balaban J connectivity index is 1.89. The first-order chi connectivity index (χ1) is 9.44. The van der Waals surface area contributed by atoms with E-state index in [1.807, 2.05) is 6.92 Å². The van der Waals surface area contributed by atoms with Gasteiger partial charge in [-0.1, -0.05) is 0 Å². The monoisotopic (exact) mass is 283 g/mol. The number of methoxy groups -OCH3 is 1. The first-order valence-electron chi connectivity index (χ1n) is 7.77. The Hall–Kier alpha value is -0.650. The Morgan fingerprint density at radius 3 is 2.35 bits per heavy atom. The van der Waals surface area contributed by atoms with Gasteiger partial charge >= 0.3 is 5.97 Å². The van der Waals surface area contributed by atoms with Gasteiger partial charge in [0, 0.05) is 44.8 Å². The van der Waals surface area contributed by atoms with Gasteiger partial charge in [0.1, 0.15) is 5.54 Å². The molecule has 2 aliphatic rings. The zero-order valence-electron chi connectivity index (χ0n) is 13.3. The molecule has 0 amide bonds. The van der Waals surface area contributed by atoms with E-state index in [0.29, 0.717) is 0 Å². The van der Waals surface area contributed by atoms with E-state index in [4.69, 9.17) is 4.74 Å². The number of ether oxygens (including phenoxy) is 1. The van der Waals surface area contributed by atoms with Crippen LogP contribution in [0, 0.1) is 0 Å². The van der Waals surface area contributed by atoms with E-state index >= 15 is 0 Å². The van der Waals surface area contributed by atoms with E-state index in [1.54, 1.807) is 0 Å². The highest BCUT2D eigenvalue weighted by molar-refractivity contribution is 5.80. The van der Waals surface area contributed by atoms with Crippen molar-refractivity contribution in [3.05, 3.63) is 0 Å². The van der Waals surface area contributed by atoms with Crippen LogP contribution in [0.5, 0.6) is 0 Å². The molecule has 116 valence electrons. The summed E-state index contributed by atoms with van der Waals surface area (Å²) in [5.41, 5.74) is -0.620. The second kappa shape index (κ2) is 6.41. The van der Waals surface area contributed by atoms with E-state index in [9.17, 15) is 4.79 Å². The zero-order chi connectivity index (χ0) is 14.8. The van der Waals surface area contributed by atoms with E-state index in [1.165, 1.54) is 20.0 Å². The molecule has 0 spiro atoms. The van der Waals surface area contributed by atoms with Crippen molar-refractivity contribution < 1.29 is 9.53 Å². The Kier molecular flexibility index (Phi) is 5.04. The smallest absolute Gasteiger partial charge is 0.327 e. The fourth-order valence-electron chi connectivity index (χ4n) is 3.21. The van der Waals surface area contributed by atoms with Crippen LogP contribution in [0.3, 0.4) is 0 Å². The van der Waals surface area contributed by atoms with Crippen LogP contribution in [0.1, 0.15) is 33.6 Å². The Bertz CT molecular complexity index is 336. The number of carbonyl (C=O) groups excluding carboxylic acids is 1. The molecule has 2 rings (SSSR count). The van der Waals surface area contributed by atoms with Gasteiger partial charge in [-0.25, -0.2) is 0 Å². The van der Waals surface area contributed by atoms with Crippen LogP contribution in [0.15, 0.2) is 0 Å². The fourth-order valence-corrected chi connectivity index (χ4v) is 3.21. The molecule has 1 saturated carbocycles. The number of piperazine rings is 1. The average molecular weight is 283 g/mol. The van der Waals surface area contributed by atoms with Crippen LogP contribution in [0.4, 0.5) is 0 Å². The SMILES string of the molecule is COC(=O)C(C)(CN1CCN(C2CC2)CC1)NC(C)C. The summed E-state index contributed by atoms with van der Waals surface area (Å²) >= 11 is 0. The third-order valence-corrected chi connectivity index (χ3v) is 4.25. The molecular weight excluding hydrogens is 254 g/mol. The largest absolute Gasteiger partial charge is 0.468 e. The lowest BCUT2D eigenvalue weighted by atomic mass is 10.00. The molecule has 1 aliphatic carbocycles. The van der Waals surface area contributed by atoms with Crippen molar-refractivity contribution in [2.75, 3.05) is 39.8 Å². The lowest BCUT2D eigenvalue weighted by Gasteiger charge is -2.40. The summed E-state index contributed by atoms with van der Waals surface area (Å²) in [6, 6.07) is 1.10. The molecule has 20 heavy (non-hydrogen) atoms. The van der Waals surface area contributed by atoms with Gasteiger partial charge in [0.2, 0.25) is 0 Å². The standard InChI is InChI=1S/C15H29N3O2/c1-12(2)16-15(3,14(19)20-4)11-17-7-9-18(10-8-17)13-5-6-13/h12-13,16H,5-11H2,1-4H3. The number of esters is 1. The van der Waals surface area contributed by atoms with Crippen LogP contribution in [-0.4, -0.2) is 73.2 Å². The molecule has 1 saturated heterocycles. The van der Waals surface area contributed by atoms with E-state index in [0.717, 1.165) is 38.8 Å². The molecule has 0 radical (unpaired) electrons. The summed E-state index contributed by atoms with van der Waals surface area (Å²) in [6.07, 6.45) is 2.74. The quantitative estimate of drug-likeness (QED) is 0.727. The lowest BCUT2D eigenvalue weighted by Crippen LogP contribution is -2.61. The van der Waals surface area contributed by atoms with Gasteiger partial charge < -0.3 is 4.74 Å². The van der Waals surface area contributed by atoms with Gasteiger partial charge in [-0.3, -0.25) is 19.9 Å². The van der Waals surface area contributed by atoms with Gasteiger partial charge in [-0.2, -0.15) is 0 Å². The van der Waals surface area contributed by atoms with Crippen LogP contribution >= 0.6 is 0 Å². The summed E-state index contributed by atoms with van der Waals surface area (Å²) in [4.78, 5) is 17.1. The number of hydrogen-bond acceptors (Lipinski definition) is 5. The van der Waals surface area contributed by atoms with Crippen LogP contribution in [0.25, 0.3) is 0 Å². The topological polar surface area (TPSA) is 44.8 Å². The Labute approximate surface area is 122 Å². The van der Waals surface area contributed by atoms with Gasteiger partial charge in [0.05, 0.1) is 7.11 Å². The molecule has 2 fully saturated rings.